The fraction of sp³-hybridized carbons (Fsp3) is 0.0870. The molecule has 1 heterocycles. The van der Waals surface area contributed by atoms with Crippen LogP contribution in [0.3, 0.4) is 0 Å². The average Bonchev–Trinajstić information content (AvgIpc) is 3.45. The molecule has 0 saturated heterocycles. The maximum atomic E-state index is 14.5. The van der Waals surface area contributed by atoms with E-state index < -0.39 is 57.2 Å². The quantitative estimate of drug-likeness (QED) is 0.0763. The largest absolute Gasteiger partial charge is 0.360 e. The summed E-state index contributed by atoms with van der Waals surface area (Å²) in [4.78, 5) is 49.3. The predicted octanol–water partition coefficient (Wildman–Crippen LogP) is 9.31. The summed E-state index contributed by atoms with van der Waals surface area (Å²) in [7, 11) is -14.2. The first-order valence-corrected chi connectivity index (χ1v) is 23.9. The maximum absolute atomic E-state index is 14.5. The molecule has 2 unspecified atom stereocenters. The highest BCUT2D eigenvalue weighted by molar-refractivity contribution is 7.92. The topological polar surface area (TPSA) is 185 Å². The van der Waals surface area contributed by atoms with E-state index in [9.17, 15) is 36.9 Å². The summed E-state index contributed by atoms with van der Waals surface area (Å²) in [5.74, 6) is -1.32. The van der Waals surface area contributed by atoms with Gasteiger partial charge in [-0.1, -0.05) is 60.7 Å². The fourth-order valence-electron chi connectivity index (χ4n) is 7.87. The SMILES string of the molecule is CCOP(=O)(O)c1cc2c(cc1NC(=O)c1ccc3cc4ccccc4cc3c1)S(=O)(=O)c1cc(NC(=O)c3ccc4cc5ccccc5cc4c3)cc(P(=O)(O)OCC)c1-2. The summed E-state index contributed by atoms with van der Waals surface area (Å²) < 4.78 is 67.3. The summed E-state index contributed by atoms with van der Waals surface area (Å²) in [6, 6.07) is 38.0. The minimum Gasteiger partial charge on any atom is -0.322 e. The molecule has 61 heavy (non-hydrogen) atoms. The van der Waals surface area contributed by atoms with E-state index in [1.54, 1.807) is 36.4 Å². The number of amides is 2. The van der Waals surface area contributed by atoms with Crippen molar-refractivity contribution >= 4 is 102 Å². The second-order valence-corrected chi connectivity index (χ2v) is 20.0. The van der Waals surface area contributed by atoms with Crippen molar-refractivity contribution in [1.82, 2.24) is 0 Å². The lowest BCUT2D eigenvalue weighted by Crippen LogP contribution is -2.21. The third kappa shape index (κ3) is 7.24. The van der Waals surface area contributed by atoms with Crippen molar-refractivity contribution in [1.29, 1.82) is 0 Å². The van der Waals surface area contributed by atoms with Crippen molar-refractivity contribution in [3.05, 3.63) is 145 Å². The van der Waals surface area contributed by atoms with Gasteiger partial charge in [0.1, 0.15) is 0 Å². The molecule has 9 rings (SSSR count). The molecule has 8 aromatic carbocycles. The molecular weight excluding hydrogens is 835 g/mol. The molecule has 1 aliphatic heterocycles. The van der Waals surface area contributed by atoms with Gasteiger partial charge in [0.15, 0.2) is 0 Å². The van der Waals surface area contributed by atoms with Crippen molar-refractivity contribution in [2.24, 2.45) is 0 Å². The van der Waals surface area contributed by atoms with Gasteiger partial charge in [-0.3, -0.25) is 18.7 Å². The third-order valence-corrected chi connectivity index (χ3v) is 15.7. The highest BCUT2D eigenvalue weighted by Crippen LogP contribution is 2.53. The molecular formula is C46H36N2O10P2S. The van der Waals surface area contributed by atoms with E-state index >= 15 is 0 Å². The number of hydrogen-bond donors (Lipinski definition) is 4. The second-order valence-electron chi connectivity index (χ2n) is 14.5. The summed E-state index contributed by atoms with van der Waals surface area (Å²) in [5, 5.41) is 11.7. The van der Waals surface area contributed by atoms with Gasteiger partial charge in [0.25, 0.3) is 11.8 Å². The number of anilines is 2. The molecule has 2 atom stereocenters. The number of sulfone groups is 1. The molecule has 0 spiro atoms. The molecule has 0 saturated carbocycles. The molecule has 0 aromatic heterocycles. The van der Waals surface area contributed by atoms with E-state index in [1.165, 1.54) is 13.8 Å². The number of benzene rings is 8. The Morgan fingerprint density at radius 1 is 0.541 bits per heavy atom. The molecule has 1 aliphatic rings. The molecule has 0 fully saturated rings. The molecule has 15 heteroatoms. The Balaban J connectivity index is 1.13. The van der Waals surface area contributed by atoms with Crippen LogP contribution in [0.5, 0.6) is 0 Å². The van der Waals surface area contributed by atoms with E-state index in [4.69, 9.17) is 9.05 Å². The van der Waals surface area contributed by atoms with Gasteiger partial charge in [0.05, 0.1) is 39.3 Å². The van der Waals surface area contributed by atoms with E-state index in [0.717, 1.165) is 67.4 Å². The Bertz CT molecular complexity index is 3410. The van der Waals surface area contributed by atoms with E-state index in [2.05, 4.69) is 10.6 Å². The Hall–Kier alpha value is -6.01. The van der Waals surface area contributed by atoms with Crippen LogP contribution in [0.15, 0.2) is 143 Å². The molecule has 306 valence electrons. The second kappa shape index (κ2) is 15.2. The molecule has 4 N–H and O–H groups in total. The summed E-state index contributed by atoms with van der Waals surface area (Å²) in [6.07, 6.45) is 0. The first-order chi connectivity index (χ1) is 29.2. The first-order valence-electron chi connectivity index (χ1n) is 19.2. The minimum absolute atomic E-state index is 0.123. The molecule has 2 amide bonds. The molecule has 8 aromatic rings. The number of hydrogen-bond acceptors (Lipinski definition) is 8. The smallest absolute Gasteiger partial charge is 0.322 e. The van der Waals surface area contributed by atoms with Crippen LogP contribution in [0, 0.1) is 0 Å². The van der Waals surface area contributed by atoms with Crippen LogP contribution in [0.25, 0.3) is 54.2 Å². The van der Waals surface area contributed by atoms with E-state index in [-0.39, 0.29) is 46.8 Å². The summed E-state index contributed by atoms with van der Waals surface area (Å²) in [5.41, 5.74) is -0.477. The van der Waals surface area contributed by atoms with Crippen molar-refractivity contribution in [3.8, 4) is 11.1 Å². The number of rotatable bonds is 10. The van der Waals surface area contributed by atoms with Gasteiger partial charge >= 0.3 is 15.2 Å². The maximum Gasteiger partial charge on any atom is 0.360 e. The molecule has 0 aliphatic carbocycles. The van der Waals surface area contributed by atoms with Crippen LogP contribution in [-0.2, 0) is 28.0 Å². The zero-order valence-electron chi connectivity index (χ0n) is 32.6. The van der Waals surface area contributed by atoms with Crippen LogP contribution < -0.4 is 21.2 Å². The first kappa shape index (κ1) is 40.4. The van der Waals surface area contributed by atoms with E-state index in [1.807, 2.05) is 72.8 Å². The highest BCUT2D eigenvalue weighted by atomic mass is 32.2. The molecule has 12 nitrogen and oxygen atoms in total. The number of carbonyl (C=O) groups excluding carboxylic acids is 2. The number of fused-ring (bicyclic) bond motifs is 7. The lowest BCUT2D eigenvalue weighted by molar-refractivity contribution is 0.101. The summed E-state index contributed by atoms with van der Waals surface area (Å²) in [6.45, 7) is 2.52. The Morgan fingerprint density at radius 3 is 1.51 bits per heavy atom. The number of carbonyl (C=O) groups is 2. The Kier molecular flexibility index (Phi) is 10.0. The highest BCUT2D eigenvalue weighted by Gasteiger charge is 2.42. The normalized spacial score (nSPS) is 15.0. The monoisotopic (exact) mass is 870 g/mol. The van der Waals surface area contributed by atoms with Crippen molar-refractivity contribution < 1.29 is 46.0 Å². The van der Waals surface area contributed by atoms with Gasteiger partial charge in [0.2, 0.25) is 9.84 Å². The predicted molar refractivity (Wildman–Crippen MR) is 238 cm³/mol. The summed E-state index contributed by atoms with van der Waals surface area (Å²) >= 11 is 0. The van der Waals surface area contributed by atoms with Crippen LogP contribution in [0.4, 0.5) is 11.4 Å². The van der Waals surface area contributed by atoms with Crippen LogP contribution in [-0.4, -0.2) is 43.2 Å². The van der Waals surface area contributed by atoms with Gasteiger partial charge in [-0.05, 0) is 130 Å². The number of nitrogens with one attached hydrogen (secondary N) is 2. The molecule has 0 bridgehead atoms. The van der Waals surface area contributed by atoms with E-state index in [0.29, 0.717) is 0 Å². The zero-order valence-corrected chi connectivity index (χ0v) is 35.2. The van der Waals surface area contributed by atoms with Gasteiger partial charge < -0.3 is 29.5 Å². The lowest BCUT2D eigenvalue weighted by Gasteiger charge is -2.19. The van der Waals surface area contributed by atoms with Crippen LogP contribution in [0.2, 0.25) is 0 Å². The Labute approximate surface area is 349 Å². The fourth-order valence-corrected chi connectivity index (χ4v) is 12.2. The van der Waals surface area contributed by atoms with Gasteiger partial charge in [-0.2, -0.15) is 0 Å². The third-order valence-electron chi connectivity index (χ3n) is 10.7. The van der Waals surface area contributed by atoms with Gasteiger partial charge in [0, 0.05) is 27.9 Å². The van der Waals surface area contributed by atoms with Crippen molar-refractivity contribution in [2.45, 2.75) is 23.6 Å². The van der Waals surface area contributed by atoms with Crippen LogP contribution in [0.1, 0.15) is 34.6 Å². The average molecular weight is 871 g/mol. The van der Waals surface area contributed by atoms with Crippen molar-refractivity contribution in [3.63, 3.8) is 0 Å². The Morgan fingerprint density at radius 2 is 1.00 bits per heavy atom. The van der Waals surface area contributed by atoms with Crippen molar-refractivity contribution in [2.75, 3.05) is 23.8 Å². The standard InChI is InChI=1S/C46H36N2O10P2S/c1-3-57-59(51,52)40-25-38-42(26-39(40)48-46(50)34-16-14-32-18-28-10-6-8-12-30(28)20-36(32)22-34)61(55,56)43-24-37(23-41(44(38)43)60(53,54)58-4-2)47-45(49)33-15-13-31-17-27-9-5-7-11-29(27)19-35(31)21-33/h5-26H,3-4H2,1-2H3,(H,47,49)(H,48,50)(H,51,52)(H,53,54). The lowest BCUT2D eigenvalue weighted by atomic mass is 10.0. The van der Waals surface area contributed by atoms with Gasteiger partial charge in [-0.15, -0.1) is 0 Å². The molecule has 0 radical (unpaired) electrons. The van der Waals surface area contributed by atoms with Crippen LogP contribution >= 0.6 is 15.2 Å². The minimum atomic E-state index is -4.82. The van der Waals surface area contributed by atoms with Gasteiger partial charge in [-0.25, -0.2) is 8.42 Å². The zero-order chi connectivity index (χ0) is 42.8.